The highest BCUT2D eigenvalue weighted by Crippen LogP contribution is 2.26. The average Bonchev–Trinajstić information content (AvgIpc) is 2.31. The Hall–Kier alpha value is -1.55. The predicted octanol–water partition coefficient (Wildman–Crippen LogP) is 3.84. The number of anilines is 1. The van der Waals surface area contributed by atoms with Crippen LogP contribution in [0, 0.1) is 11.6 Å². The van der Waals surface area contributed by atoms with Crippen LogP contribution in [0.5, 0.6) is 0 Å². The zero-order valence-corrected chi connectivity index (χ0v) is 9.81. The van der Waals surface area contributed by atoms with E-state index in [1.54, 1.807) is 12.1 Å². The molecule has 0 aliphatic carbocycles. The van der Waals surface area contributed by atoms with Gasteiger partial charge in [0.15, 0.2) is 0 Å². The molecule has 88 valence electrons. The van der Waals surface area contributed by atoms with Crippen LogP contribution < -0.4 is 5.73 Å². The van der Waals surface area contributed by atoms with Crippen molar-refractivity contribution >= 4 is 17.4 Å². The molecule has 2 N–H and O–H groups in total. The highest BCUT2D eigenvalue weighted by Gasteiger charge is 2.08. The van der Waals surface area contributed by atoms with Crippen LogP contribution in [0.15, 0.2) is 47.4 Å². The molecule has 0 spiro atoms. The number of hydrogen-bond donors (Lipinski definition) is 1. The second-order valence-corrected chi connectivity index (χ2v) is 4.61. The number of halogens is 2. The third kappa shape index (κ3) is 2.97. The standard InChI is InChI=1S/C13H11F2NS/c14-12-2-1-3-13(15)11(12)8-17-10-6-4-9(16)5-7-10/h1-7H,8,16H2. The van der Waals surface area contributed by atoms with E-state index in [1.807, 2.05) is 12.1 Å². The lowest BCUT2D eigenvalue weighted by atomic mass is 10.2. The van der Waals surface area contributed by atoms with Gasteiger partial charge in [-0.3, -0.25) is 0 Å². The first kappa shape index (κ1) is 11.9. The molecule has 0 atom stereocenters. The Bertz CT molecular complexity index is 491. The molecular weight excluding hydrogens is 240 g/mol. The minimum atomic E-state index is -0.507. The van der Waals surface area contributed by atoms with Gasteiger partial charge in [-0.25, -0.2) is 8.78 Å². The number of hydrogen-bond acceptors (Lipinski definition) is 2. The molecule has 2 aromatic carbocycles. The van der Waals surface area contributed by atoms with Crippen molar-refractivity contribution in [3.05, 3.63) is 59.7 Å². The fraction of sp³-hybridized carbons (Fsp3) is 0.0769. The van der Waals surface area contributed by atoms with Gasteiger partial charge in [0.25, 0.3) is 0 Å². The maximum absolute atomic E-state index is 13.3. The summed E-state index contributed by atoms with van der Waals surface area (Å²) >= 11 is 1.37. The van der Waals surface area contributed by atoms with E-state index in [2.05, 4.69) is 0 Å². The van der Waals surface area contributed by atoms with Gasteiger partial charge in [0.2, 0.25) is 0 Å². The van der Waals surface area contributed by atoms with Crippen LogP contribution in [-0.2, 0) is 5.75 Å². The van der Waals surface area contributed by atoms with Gasteiger partial charge in [-0.05, 0) is 36.4 Å². The SMILES string of the molecule is Nc1ccc(SCc2c(F)cccc2F)cc1. The molecule has 2 aromatic rings. The number of nitrogens with two attached hydrogens (primary N) is 1. The summed E-state index contributed by atoms with van der Waals surface area (Å²) < 4.78 is 26.7. The normalized spacial score (nSPS) is 10.5. The van der Waals surface area contributed by atoms with E-state index >= 15 is 0 Å². The highest BCUT2D eigenvalue weighted by atomic mass is 32.2. The van der Waals surface area contributed by atoms with Crippen LogP contribution in [0.2, 0.25) is 0 Å². The predicted molar refractivity (Wildman–Crippen MR) is 66.8 cm³/mol. The molecule has 0 saturated carbocycles. The third-order valence-electron chi connectivity index (χ3n) is 2.32. The van der Waals surface area contributed by atoms with Crippen LogP contribution in [0.3, 0.4) is 0 Å². The lowest BCUT2D eigenvalue weighted by Crippen LogP contribution is -1.92. The fourth-order valence-electron chi connectivity index (χ4n) is 1.39. The average molecular weight is 251 g/mol. The van der Waals surface area contributed by atoms with Gasteiger partial charge >= 0.3 is 0 Å². The van der Waals surface area contributed by atoms with Gasteiger partial charge in [-0.15, -0.1) is 11.8 Å². The number of rotatable bonds is 3. The first-order chi connectivity index (χ1) is 8.16. The van der Waals surface area contributed by atoms with Gasteiger partial charge in [-0.2, -0.15) is 0 Å². The Morgan fingerprint density at radius 3 is 2.12 bits per heavy atom. The summed E-state index contributed by atoms with van der Waals surface area (Å²) in [6.07, 6.45) is 0. The lowest BCUT2D eigenvalue weighted by Gasteiger charge is -2.05. The summed E-state index contributed by atoms with van der Waals surface area (Å²) in [5, 5.41) is 0. The first-order valence-electron chi connectivity index (χ1n) is 5.08. The molecule has 0 saturated heterocycles. The monoisotopic (exact) mass is 251 g/mol. The number of thioether (sulfide) groups is 1. The van der Waals surface area contributed by atoms with E-state index in [0.717, 1.165) is 4.90 Å². The first-order valence-corrected chi connectivity index (χ1v) is 6.06. The van der Waals surface area contributed by atoms with Crippen molar-refractivity contribution in [1.82, 2.24) is 0 Å². The smallest absolute Gasteiger partial charge is 0.130 e. The Balaban J connectivity index is 2.10. The van der Waals surface area contributed by atoms with Crippen molar-refractivity contribution in [2.24, 2.45) is 0 Å². The van der Waals surface area contributed by atoms with Gasteiger partial charge in [0.1, 0.15) is 11.6 Å². The number of benzene rings is 2. The van der Waals surface area contributed by atoms with Crippen molar-refractivity contribution in [2.75, 3.05) is 5.73 Å². The molecule has 0 fully saturated rings. The van der Waals surface area contributed by atoms with Crippen LogP contribution in [0.25, 0.3) is 0 Å². The minimum Gasteiger partial charge on any atom is -0.399 e. The highest BCUT2D eigenvalue weighted by molar-refractivity contribution is 7.98. The lowest BCUT2D eigenvalue weighted by molar-refractivity contribution is 0.566. The molecule has 1 nitrogen and oxygen atoms in total. The van der Waals surface area contributed by atoms with Crippen molar-refractivity contribution in [1.29, 1.82) is 0 Å². The Labute approximate surface area is 103 Å². The van der Waals surface area contributed by atoms with Gasteiger partial charge < -0.3 is 5.73 Å². The Morgan fingerprint density at radius 1 is 0.941 bits per heavy atom. The van der Waals surface area contributed by atoms with E-state index < -0.39 is 11.6 Å². The van der Waals surface area contributed by atoms with E-state index in [0.29, 0.717) is 5.69 Å². The minimum absolute atomic E-state index is 0.106. The van der Waals surface area contributed by atoms with E-state index in [4.69, 9.17) is 5.73 Å². The Morgan fingerprint density at radius 2 is 1.53 bits per heavy atom. The quantitative estimate of drug-likeness (QED) is 0.662. The molecule has 0 aliphatic heterocycles. The summed E-state index contributed by atoms with van der Waals surface area (Å²) in [5.74, 6) is -0.747. The van der Waals surface area contributed by atoms with Crippen molar-refractivity contribution in [3.63, 3.8) is 0 Å². The van der Waals surface area contributed by atoms with Crippen LogP contribution in [-0.4, -0.2) is 0 Å². The Kier molecular flexibility index (Phi) is 3.64. The fourth-order valence-corrected chi connectivity index (χ4v) is 2.31. The topological polar surface area (TPSA) is 26.0 Å². The van der Waals surface area contributed by atoms with Gasteiger partial charge in [-0.1, -0.05) is 6.07 Å². The second kappa shape index (κ2) is 5.19. The summed E-state index contributed by atoms with van der Waals surface area (Å²) in [6, 6.07) is 11.1. The largest absolute Gasteiger partial charge is 0.399 e. The molecule has 0 unspecified atom stereocenters. The van der Waals surface area contributed by atoms with E-state index in [1.165, 1.54) is 30.0 Å². The zero-order valence-electron chi connectivity index (χ0n) is 8.99. The maximum atomic E-state index is 13.3. The molecule has 0 amide bonds. The van der Waals surface area contributed by atoms with Gasteiger partial charge in [0.05, 0.1) is 0 Å². The second-order valence-electron chi connectivity index (χ2n) is 3.56. The summed E-state index contributed by atoms with van der Waals surface area (Å²) in [7, 11) is 0. The molecule has 0 aliphatic rings. The van der Waals surface area contributed by atoms with Crippen LogP contribution in [0.1, 0.15) is 5.56 Å². The third-order valence-corrected chi connectivity index (χ3v) is 3.36. The molecular formula is C13H11F2NS. The van der Waals surface area contributed by atoms with Crippen molar-refractivity contribution in [3.8, 4) is 0 Å². The maximum Gasteiger partial charge on any atom is 0.130 e. The molecule has 17 heavy (non-hydrogen) atoms. The zero-order chi connectivity index (χ0) is 12.3. The summed E-state index contributed by atoms with van der Waals surface area (Å²) in [5.41, 5.74) is 6.33. The van der Waals surface area contributed by atoms with Crippen molar-refractivity contribution in [2.45, 2.75) is 10.6 Å². The molecule has 0 bridgehead atoms. The van der Waals surface area contributed by atoms with Crippen molar-refractivity contribution < 1.29 is 8.78 Å². The summed E-state index contributed by atoms with van der Waals surface area (Å²) in [4.78, 5) is 0.932. The molecule has 0 aromatic heterocycles. The van der Waals surface area contributed by atoms with Crippen LogP contribution in [0.4, 0.5) is 14.5 Å². The summed E-state index contributed by atoms with van der Waals surface area (Å²) in [6.45, 7) is 0. The van der Waals surface area contributed by atoms with Gasteiger partial charge in [0, 0.05) is 21.9 Å². The number of nitrogen functional groups attached to an aromatic ring is 1. The molecule has 2 rings (SSSR count). The molecule has 0 heterocycles. The van der Waals surface area contributed by atoms with E-state index in [-0.39, 0.29) is 11.3 Å². The van der Waals surface area contributed by atoms with Crippen LogP contribution >= 0.6 is 11.8 Å². The molecule has 4 heteroatoms. The molecule has 0 radical (unpaired) electrons. The van der Waals surface area contributed by atoms with E-state index in [9.17, 15) is 8.78 Å².